The van der Waals surface area contributed by atoms with Gasteiger partial charge >= 0.3 is 0 Å². The fraction of sp³-hybridized carbons (Fsp3) is 0.682. The molecule has 33 heavy (non-hydrogen) atoms. The number of benzene rings is 1. The first-order valence-electron chi connectivity index (χ1n) is 11.3. The highest BCUT2D eigenvalue weighted by molar-refractivity contribution is 7.89. The third-order valence-corrected chi connectivity index (χ3v) is 8.23. The summed E-state index contributed by atoms with van der Waals surface area (Å²) >= 11 is 0. The first kappa shape index (κ1) is 24.4. The molecule has 1 aromatic rings. The fourth-order valence-electron chi connectivity index (χ4n) is 4.60. The molecule has 11 heteroatoms. The van der Waals surface area contributed by atoms with E-state index in [2.05, 4.69) is 0 Å². The van der Waals surface area contributed by atoms with Crippen LogP contribution in [0.1, 0.15) is 19.3 Å². The number of β-amino-alcohol motifs (C(OH)–C–C–N with tert-alkyl or cyclic N) is 1. The van der Waals surface area contributed by atoms with Gasteiger partial charge in [0, 0.05) is 25.7 Å². The number of carbonyl (C=O) groups is 1. The van der Waals surface area contributed by atoms with Gasteiger partial charge in [0.25, 0.3) is 0 Å². The summed E-state index contributed by atoms with van der Waals surface area (Å²) in [5, 5.41) is 10.3. The minimum Gasteiger partial charge on any atom is -0.497 e. The molecule has 0 saturated carbocycles. The second kappa shape index (κ2) is 10.7. The van der Waals surface area contributed by atoms with E-state index < -0.39 is 28.3 Å². The molecule has 0 unspecified atom stereocenters. The molecule has 0 bridgehead atoms. The van der Waals surface area contributed by atoms with Crippen LogP contribution in [0, 0.1) is 0 Å². The average Bonchev–Trinajstić information content (AvgIpc) is 2.82. The second-order valence-corrected chi connectivity index (χ2v) is 10.5. The Labute approximate surface area is 194 Å². The van der Waals surface area contributed by atoms with Crippen LogP contribution in [0.15, 0.2) is 29.2 Å². The van der Waals surface area contributed by atoms with Gasteiger partial charge in [-0.05, 0) is 25.0 Å². The number of morpholine rings is 1. The molecule has 0 aromatic heterocycles. The topological polar surface area (TPSA) is 115 Å². The maximum absolute atomic E-state index is 13.6. The van der Waals surface area contributed by atoms with Crippen molar-refractivity contribution in [2.75, 3.05) is 53.2 Å². The quantitative estimate of drug-likeness (QED) is 0.632. The number of carbonyl (C=O) groups excluding carboxylic acids is 1. The van der Waals surface area contributed by atoms with Crippen molar-refractivity contribution in [2.24, 2.45) is 0 Å². The number of aliphatic hydroxyl groups is 1. The van der Waals surface area contributed by atoms with Crippen LogP contribution in [-0.4, -0.2) is 106 Å². The summed E-state index contributed by atoms with van der Waals surface area (Å²) in [7, 11) is -2.45. The van der Waals surface area contributed by atoms with Gasteiger partial charge in [0.1, 0.15) is 5.75 Å². The third kappa shape index (κ3) is 5.67. The standard InChI is InChI=1S/C22H32N2O8S/c1-29-17-3-2-4-19(11-17)33(27,28)24-13-16(25)14-31-15-21-20(24)6-5-18(32-21)12-22(26)23-7-9-30-10-8-23/h2-4,11,16,18,20-21,25H,5-10,12-15H2,1H3/t16-,18+,20-,21+/m1/s1. The zero-order chi connectivity index (χ0) is 23.4. The van der Waals surface area contributed by atoms with Crippen LogP contribution < -0.4 is 4.74 Å². The molecule has 1 aromatic carbocycles. The monoisotopic (exact) mass is 484 g/mol. The van der Waals surface area contributed by atoms with Gasteiger partial charge in [0.15, 0.2) is 0 Å². The van der Waals surface area contributed by atoms with Crippen LogP contribution in [0.25, 0.3) is 0 Å². The van der Waals surface area contributed by atoms with E-state index in [1.54, 1.807) is 17.0 Å². The van der Waals surface area contributed by atoms with Gasteiger partial charge in [-0.1, -0.05) is 6.07 Å². The summed E-state index contributed by atoms with van der Waals surface area (Å²) in [5.41, 5.74) is 0. The number of ether oxygens (including phenoxy) is 4. The fourth-order valence-corrected chi connectivity index (χ4v) is 6.36. The molecule has 3 aliphatic rings. The van der Waals surface area contributed by atoms with Crippen LogP contribution in [0.5, 0.6) is 5.75 Å². The zero-order valence-corrected chi connectivity index (χ0v) is 19.6. The molecule has 0 aliphatic carbocycles. The molecular weight excluding hydrogens is 452 g/mol. The Balaban J connectivity index is 1.51. The average molecular weight is 485 g/mol. The van der Waals surface area contributed by atoms with Crippen molar-refractivity contribution < 1.29 is 37.3 Å². The first-order chi connectivity index (χ1) is 15.9. The van der Waals surface area contributed by atoms with Crippen LogP contribution in [0.2, 0.25) is 0 Å². The van der Waals surface area contributed by atoms with Crippen molar-refractivity contribution >= 4 is 15.9 Å². The predicted molar refractivity (Wildman–Crippen MR) is 117 cm³/mol. The first-order valence-corrected chi connectivity index (χ1v) is 12.7. The van der Waals surface area contributed by atoms with E-state index in [0.29, 0.717) is 44.9 Å². The van der Waals surface area contributed by atoms with Gasteiger partial charge in [-0.2, -0.15) is 4.31 Å². The maximum atomic E-state index is 13.6. The Morgan fingerprint density at radius 2 is 1.97 bits per heavy atom. The van der Waals surface area contributed by atoms with Crippen molar-refractivity contribution in [3.05, 3.63) is 24.3 Å². The lowest BCUT2D eigenvalue weighted by atomic mass is 9.96. The molecule has 3 aliphatic heterocycles. The van der Waals surface area contributed by atoms with E-state index in [4.69, 9.17) is 18.9 Å². The summed E-state index contributed by atoms with van der Waals surface area (Å²) in [6.07, 6.45) is -0.506. The molecule has 4 rings (SSSR count). The number of methoxy groups -OCH3 is 1. The lowest BCUT2D eigenvalue weighted by Gasteiger charge is -2.43. The number of sulfonamides is 1. The largest absolute Gasteiger partial charge is 0.497 e. The maximum Gasteiger partial charge on any atom is 0.243 e. The van der Waals surface area contributed by atoms with Gasteiger partial charge in [-0.25, -0.2) is 8.42 Å². The lowest BCUT2D eigenvalue weighted by Crippen LogP contribution is -2.57. The van der Waals surface area contributed by atoms with E-state index in [0.717, 1.165) is 0 Å². The minimum absolute atomic E-state index is 0.00802. The number of nitrogens with zero attached hydrogens (tertiary/aromatic N) is 2. The van der Waals surface area contributed by atoms with Crippen molar-refractivity contribution in [1.29, 1.82) is 0 Å². The predicted octanol–water partition coefficient (Wildman–Crippen LogP) is 0.242. The van der Waals surface area contributed by atoms with Crippen molar-refractivity contribution in [3.63, 3.8) is 0 Å². The van der Waals surface area contributed by atoms with E-state index in [1.165, 1.54) is 23.5 Å². The molecular formula is C22H32N2O8S. The Morgan fingerprint density at radius 3 is 2.73 bits per heavy atom. The number of rotatable bonds is 5. The van der Waals surface area contributed by atoms with Gasteiger partial charge in [0.05, 0.1) is 69.2 Å². The number of aliphatic hydroxyl groups excluding tert-OH is 1. The number of hydrogen-bond acceptors (Lipinski definition) is 8. The number of fused-ring (bicyclic) bond motifs is 1. The normalized spacial score (nSPS) is 29.6. The molecule has 0 spiro atoms. The van der Waals surface area contributed by atoms with Crippen LogP contribution in [-0.2, 0) is 29.0 Å². The highest BCUT2D eigenvalue weighted by atomic mass is 32.2. The van der Waals surface area contributed by atoms with Gasteiger partial charge in [-0.3, -0.25) is 4.79 Å². The van der Waals surface area contributed by atoms with E-state index in [-0.39, 0.29) is 43.1 Å². The van der Waals surface area contributed by atoms with Crippen molar-refractivity contribution in [1.82, 2.24) is 9.21 Å². The third-order valence-electron chi connectivity index (χ3n) is 6.35. The molecule has 3 heterocycles. The number of hydrogen-bond donors (Lipinski definition) is 1. The number of amides is 1. The Morgan fingerprint density at radius 1 is 1.18 bits per heavy atom. The van der Waals surface area contributed by atoms with Crippen LogP contribution in [0.3, 0.4) is 0 Å². The Kier molecular flexibility index (Phi) is 7.87. The summed E-state index contributed by atoms with van der Waals surface area (Å²) in [5.74, 6) is 0.454. The van der Waals surface area contributed by atoms with E-state index >= 15 is 0 Å². The minimum atomic E-state index is -3.93. The molecule has 10 nitrogen and oxygen atoms in total. The lowest BCUT2D eigenvalue weighted by molar-refractivity contribution is -0.153. The molecule has 4 atom stereocenters. The summed E-state index contributed by atoms with van der Waals surface area (Å²) in [6.45, 7) is 2.28. The second-order valence-electron chi connectivity index (χ2n) is 8.58. The zero-order valence-electron chi connectivity index (χ0n) is 18.8. The van der Waals surface area contributed by atoms with Gasteiger partial charge < -0.3 is 29.0 Å². The summed E-state index contributed by atoms with van der Waals surface area (Å²) < 4.78 is 50.8. The van der Waals surface area contributed by atoms with E-state index in [1.807, 2.05) is 0 Å². The van der Waals surface area contributed by atoms with Crippen molar-refractivity contribution in [2.45, 2.75) is 48.5 Å². The molecule has 1 N–H and O–H groups in total. The molecule has 184 valence electrons. The summed E-state index contributed by atoms with van der Waals surface area (Å²) in [6, 6.07) is 5.78. The van der Waals surface area contributed by atoms with Gasteiger partial charge in [-0.15, -0.1) is 0 Å². The Hall–Kier alpha value is -1.76. The highest BCUT2D eigenvalue weighted by Gasteiger charge is 2.43. The van der Waals surface area contributed by atoms with Gasteiger partial charge in [0.2, 0.25) is 15.9 Å². The van der Waals surface area contributed by atoms with E-state index in [9.17, 15) is 18.3 Å². The van der Waals surface area contributed by atoms with Crippen LogP contribution >= 0.6 is 0 Å². The van der Waals surface area contributed by atoms with Crippen LogP contribution in [0.4, 0.5) is 0 Å². The van der Waals surface area contributed by atoms with Crippen molar-refractivity contribution in [3.8, 4) is 5.75 Å². The smallest absolute Gasteiger partial charge is 0.243 e. The molecule has 3 saturated heterocycles. The molecule has 1 amide bonds. The molecule has 3 fully saturated rings. The SMILES string of the molecule is COc1cccc(S(=O)(=O)N2C[C@@H](O)COC[C@@H]3O[C@H](CC(=O)N4CCOCC4)CC[C@H]32)c1. The highest BCUT2D eigenvalue weighted by Crippen LogP contribution is 2.32. The Bertz CT molecular complexity index is 921. The molecule has 0 radical (unpaired) electrons. The summed E-state index contributed by atoms with van der Waals surface area (Å²) in [4.78, 5) is 14.5.